The minimum Gasteiger partial charge on any atom is -0.467 e. The van der Waals surface area contributed by atoms with Gasteiger partial charge in [0, 0.05) is 19.3 Å². The largest absolute Gasteiger partial charge is 0.467 e. The summed E-state index contributed by atoms with van der Waals surface area (Å²) < 4.78 is 9.85. The second-order valence-corrected chi connectivity index (χ2v) is 5.05. The third-order valence-electron chi connectivity index (χ3n) is 3.42. The van der Waals surface area contributed by atoms with E-state index in [2.05, 4.69) is 16.0 Å². The quantitative estimate of drug-likeness (QED) is 0.658. The van der Waals surface area contributed by atoms with Crippen molar-refractivity contribution in [3.63, 3.8) is 0 Å². The van der Waals surface area contributed by atoms with Crippen LogP contribution >= 0.6 is 0 Å². The lowest BCUT2D eigenvalue weighted by Crippen LogP contribution is -2.45. The molecule has 1 saturated heterocycles. The first kappa shape index (κ1) is 16.3. The standard InChI is InChI=1S/C15H21N3O4/c1-21-14(19)13(7-12-8-16-10-17-12)18-15(20)22-9-11-5-3-2-4-6-11/h2-6,12-13,16-17H,7-10H2,1H3,(H,18,20). The third kappa shape index (κ3) is 5.01. The van der Waals surface area contributed by atoms with Crippen LogP contribution in [0.1, 0.15) is 12.0 Å². The Morgan fingerprint density at radius 3 is 2.77 bits per heavy atom. The molecule has 0 radical (unpaired) electrons. The van der Waals surface area contributed by atoms with Gasteiger partial charge in [0.15, 0.2) is 0 Å². The zero-order valence-corrected chi connectivity index (χ0v) is 12.5. The number of amides is 1. The number of ether oxygens (including phenoxy) is 2. The Balaban J connectivity index is 1.83. The zero-order chi connectivity index (χ0) is 15.8. The molecule has 2 atom stereocenters. The maximum Gasteiger partial charge on any atom is 0.408 e. The number of benzene rings is 1. The van der Waals surface area contributed by atoms with Crippen molar-refractivity contribution in [2.45, 2.75) is 25.1 Å². The van der Waals surface area contributed by atoms with E-state index in [0.29, 0.717) is 13.1 Å². The lowest BCUT2D eigenvalue weighted by atomic mass is 10.1. The summed E-state index contributed by atoms with van der Waals surface area (Å²) in [5.41, 5.74) is 0.883. The number of esters is 1. The van der Waals surface area contributed by atoms with Crippen LogP contribution in [0.2, 0.25) is 0 Å². The molecule has 2 rings (SSSR count). The summed E-state index contributed by atoms with van der Waals surface area (Å²) in [6, 6.07) is 8.72. The minimum atomic E-state index is -0.731. The first-order valence-electron chi connectivity index (χ1n) is 7.18. The molecule has 1 aromatic rings. The van der Waals surface area contributed by atoms with Crippen molar-refractivity contribution in [2.75, 3.05) is 20.3 Å². The first-order valence-corrected chi connectivity index (χ1v) is 7.18. The van der Waals surface area contributed by atoms with Crippen molar-refractivity contribution in [1.29, 1.82) is 0 Å². The van der Waals surface area contributed by atoms with Crippen LogP contribution in [0.4, 0.5) is 4.79 Å². The Kier molecular flexibility index (Phi) is 6.17. The molecule has 3 N–H and O–H groups in total. The normalized spacial score (nSPS) is 18.5. The molecular formula is C15H21N3O4. The first-order chi connectivity index (χ1) is 10.7. The molecule has 0 aliphatic carbocycles. The van der Waals surface area contributed by atoms with Crippen LogP contribution in [-0.2, 0) is 20.9 Å². The molecule has 0 spiro atoms. The average Bonchev–Trinajstić information content (AvgIpc) is 3.05. The molecular weight excluding hydrogens is 286 g/mol. The third-order valence-corrected chi connectivity index (χ3v) is 3.42. The minimum absolute atomic E-state index is 0.110. The molecule has 1 aliphatic heterocycles. The van der Waals surface area contributed by atoms with Gasteiger partial charge in [0.05, 0.1) is 7.11 Å². The smallest absolute Gasteiger partial charge is 0.408 e. The van der Waals surface area contributed by atoms with Gasteiger partial charge < -0.3 is 25.4 Å². The van der Waals surface area contributed by atoms with E-state index in [4.69, 9.17) is 9.47 Å². The van der Waals surface area contributed by atoms with Crippen LogP contribution < -0.4 is 16.0 Å². The van der Waals surface area contributed by atoms with Gasteiger partial charge in [-0.3, -0.25) is 0 Å². The SMILES string of the molecule is COC(=O)C(CC1CNCN1)NC(=O)OCc1ccccc1. The van der Waals surface area contributed by atoms with Crippen LogP contribution in [0, 0.1) is 0 Å². The van der Waals surface area contributed by atoms with Gasteiger partial charge in [-0.15, -0.1) is 0 Å². The molecule has 7 heteroatoms. The van der Waals surface area contributed by atoms with Crippen LogP contribution in [0.15, 0.2) is 30.3 Å². The van der Waals surface area contributed by atoms with E-state index in [1.54, 1.807) is 0 Å². The number of nitrogens with one attached hydrogen (secondary N) is 3. The molecule has 0 saturated carbocycles. The van der Waals surface area contributed by atoms with Gasteiger partial charge in [0.25, 0.3) is 0 Å². The van der Waals surface area contributed by atoms with E-state index < -0.39 is 18.1 Å². The Hall–Kier alpha value is -2.12. The topological polar surface area (TPSA) is 88.7 Å². The Bertz CT molecular complexity index is 489. The lowest BCUT2D eigenvalue weighted by molar-refractivity contribution is -0.143. The fourth-order valence-electron chi connectivity index (χ4n) is 2.25. The number of carbonyl (C=O) groups excluding carboxylic acids is 2. The summed E-state index contributed by atoms with van der Waals surface area (Å²) in [5.74, 6) is -0.481. The Morgan fingerprint density at radius 1 is 1.36 bits per heavy atom. The fourth-order valence-corrected chi connectivity index (χ4v) is 2.25. The molecule has 1 fully saturated rings. The highest BCUT2D eigenvalue weighted by Gasteiger charge is 2.27. The second-order valence-electron chi connectivity index (χ2n) is 5.05. The summed E-state index contributed by atoms with van der Waals surface area (Å²) in [6.45, 7) is 1.59. The molecule has 120 valence electrons. The number of alkyl carbamates (subject to hydrolysis) is 1. The van der Waals surface area contributed by atoms with Gasteiger partial charge in [-0.1, -0.05) is 30.3 Å². The van der Waals surface area contributed by atoms with Gasteiger partial charge in [-0.05, 0) is 12.0 Å². The lowest BCUT2D eigenvalue weighted by Gasteiger charge is -2.19. The summed E-state index contributed by atoms with van der Waals surface area (Å²) in [7, 11) is 1.30. The molecule has 1 heterocycles. The van der Waals surface area contributed by atoms with Crippen molar-refractivity contribution < 1.29 is 19.1 Å². The molecule has 7 nitrogen and oxygen atoms in total. The van der Waals surface area contributed by atoms with E-state index in [-0.39, 0.29) is 12.6 Å². The van der Waals surface area contributed by atoms with Crippen molar-refractivity contribution in [3.05, 3.63) is 35.9 Å². The summed E-state index contributed by atoms with van der Waals surface area (Å²) in [6.07, 6.45) is -0.190. The van der Waals surface area contributed by atoms with E-state index >= 15 is 0 Å². The molecule has 0 bridgehead atoms. The Morgan fingerprint density at radius 2 is 2.14 bits per heavy atom. The highest BCUT2D eigenvalue weighted by Crippen LogP contribution is 2.05. The summed E-state index contributed by atoms with van der Waals surface area (Å²) >= 11 is 0. The van der Waals surface area contributed by atoms with Gasteiger partial charge in [0.1, 0.15) is 12.6 Å². The summed E-state index contributed by atoms with van der Waals surface area (Å²) in [5, 5.41) is 8.87. The predicted octanol–water partition coefficient (Wildman–Crippen LogP) is 0.363. The number of carbonyl (C=O) groups is 2. The van der Waals surface area contributed by atoms with Crippen molar-refractivity contribution in [1.82, 2.24) is 16.0 Å². The highest BCUT2D eigenvalue weighted by molar-refractivity contribution is 5.81. The van der Waals surface area contributed by atoms with Crippen LogP contribution in [0.5, 0.6) is 0 Å². The van der Waals surface area contributed by atoms with Gasteiger partial charge >= 0.3 is 12.1 Å². The number of methoxy groups -OCH3 is 1. The van der Waals surface area contributed by atoms with Crippen LogP contribution in [-0.4, -0.2) is 44.5 Å². The molecule has 1 aromatic carbocycles. The molecule has 1 aliphatic rings. The summed E-state index contributed by atoms with van der Waals surface area (Å²) in [4.78, 5) is 23.6. The molecule has 2 unspecified atom stereocenters. The van der Waals surface area contributed by atoms with Gasteiger partial charge in [-0.2, -0.15) is 0 Å². The van der Waals surface area contributed by atoms with E-state index in [1.807, 2.05) is 30.3 Å². The fraction of sp³-hybridized carbons (Fsp3) is 0.467. The number of rotatable bonds is 6. The van der Waals surface area contributed by atoms with Crippen LogP contribution in [0.3, 0.4) is 0 Å². The maximum absolute atomic E-state index is 11.8. The number of hydrogen-bond donors (Lipinski definition) is 3. The van der Waals surface area contributed by atoms with Gasteiger partial charge in [0.2, 0.25) is 0 Å². The molecule has 22 heavy (non-hydrogen) atoms. The zero-order valence-electron chi connectivity index (χ0n) is 12.5. The monoisotopic (exact) mass is 307 g/mol. The van der Waals surface area contributed by atoms with Crippen molar-refractivity contribution >= 4 is 12.1 Å². The molecule has 0 aromatic heterocycles. The van der Waals surface area contributed by atoms with E-state index in [0.717, 1.165) is 12.1 Å². The van der Waals surface area contributed by atoms with E-state index in [1.165, 1.54) is 7.11 Å². The predicted molar refractivity (Wildman–Crippen MR) is 80.0 cm³/mol. The van der Waals surface area contributed by atoms with E-state index in [9.17, 15) is 9.59 Å². The average molecular weight is 307 g/mol. The Labute approximate surface area is 129 Å². The second kappa shape index (κ2) is 8.35. The van der Waals surface area contributed by atoms with Crippen molar-refractivity contribution in [2.24, 2.45) is 0 Å². The number of hydrogen-bond acceptors (Lipinski definition) is 6. The van der Waals surface area contributed by atoms with Crippen molar-refractivity contribution in [3.8, 4) is 0 Å². The highest BCUT2D eigenvalue weighted by atomic mass is 16.6. The van der Waals surface area contributed by atoms with Gasteiger partial charge in [-0.25, -0.2) is 9.59 Å². The van der Waals surface area contributed by atoms with Crippen LogP contribution in [0.25, 0.3) is 0 Å². The molecule has 1 amide bonds. The maximum atomic E-state index is 11.8.